The van der Waals surface area contributed by atoms with Gasteiger partial charge >= 0.3 is 0 Å². The molecule has 0 spiro atoms. The van der Waals surface area contributed by atoms with E-state index in [1.165, 1.54) is 0 Å². The van der Waals surface area contributed by atoms with Crippen LogP contribution in [0.25, 0.3) is 11.0 Å². The number of carbonyl (C=O) groups excluding carboxylic acids is 1. The first-order chi connectivity index (χ1) is 9.79. The molecule has 2 aliphatic rings. The topological polar surface area (TPSA) is 50.2 Å². The van der Waals surface area contributed by atoms with Crippen molar-refractivity contribution in [2.24, 2.45) is 0 Å². The largest absolute Gasteiger partial charge is 0.289 e. The summed E-state index contributed by atoms with van der Waals surface area (Å²) in [6.45, 7) is 2.11. The van der Waals surface area contributed by atoms with Crippen LogP contribution in [-0.2, 0) is 4.79 Å². The van der Waals surface area contributed by atoms with E-state index >= 15 is 0 Å². The number of aromatic nitrogens is 2. The van der Waals surface area contributed by atoms with Crippen molar-refractivity contribution < 1.29 is 4.79 Å². The van der Waals surface area contributed by atoms with Crippen LogP contribution in [-0.4, -0.2) is 39.1 Å². The van der Waals surface area contributed by atoms with Crippen molar-refractivity contribution in [3.05, 3.63) is 30.6 Å². The van der Waals surface area contributed by atoms with Gasteiger partial charge in [-0.05, 0) is 50.9 Å². The summed E-state index contributed by atoms with van der Waals surface area (Å²) in [5.74, 6) is 0.121. The minimum Gasteiger partial charge on any atom is -0.289 e. The van der Waals surface area contributed by atoms with Gasteiger partial charge < -0.3 is 0 Å². The molecular weight excluding hydrogens is 252 g/mol. The monoisotopic (exact) mass is 270 g/mol. The van der Waals surface area contributed by atoms with Gasteiger partial charge in [0.1, 0.15) is 11.9 Å². The molecule has 0 unspecified atom stereocenters. The van der Waals surface area contributed by atoms with Gasteiger partial charge in [0, 0.05) is 0 Å². The average molecular weight is 270 g/mol. The second-order valence-corrected chi connectivity index (χ2v) is 5.77. The number of para-hydroxylation sites is 2. The van der Waals surface area contributed by atoms with Crippen molar-refractivity contribution in [3.63, 3.8) is 0 Å². The molecule has 5 heteroatoms. The summed E-state index contributed by atoms with van der Waals surface area (Å²) in [5.41, 5.74) is 4.62. The highest BCUT2D eigenvalue weighted by atomic mass is 16.2. The van der Waals surface area contributed by atoms with Gasteiger partial charge in [-0.2, -0.15) is 0 Å². The smallest absolute Gasteiger partial charge is 0.259 e. The number of nitrogens with one attached hydrogen (secondary N) is 1. The number of amides is 1. The van der Waals surface area contributed by atoms with E-state index in [-0.39, 0.29) is 11.4 Å². The van der Waals surface area contributed by atoms with Crippen molar-refractivity contribution in [1.29, 1.82) is 0 Å². The molecule has 1 aromatic heterocycles. The lowest BCUT2D eigenvalue weighted by atomic mass is 9.93. The molecule has 1 N–H and O–H groups in total. The summed E-state index contributed by atoms with van der Waals surface area (Å²) in [4.78, 5) is 19.4. The van der Waals surface area contributed by atoms with Crippen LogP contribution < -0.4 is 5.43 Å². The molecule has 0 aliphatic carbocycles. The van der Waals surface area contributed by atoms with E-state index < -0.39 is 0 Å². The number of benzene rings is 1. The Bertz CT molecular complexity index is 653. The van der Waals surface area contributed by atoms with E-state index in [0.717, 1.165) is 49.8 Å². The van der Waals surface area contributed by atoms with Gasteiger partial charge in [0.15, 0.2) is 0 Å². The van der Waals surface area contributed by atoms with Crippen LogP contribution in [0.15, 0.2) is 30.6 Å². The zero-order valence-corrected chi connectivity index (χ0v) is 11.4. The van der Waals surface area contributed by atoms with Crippen molar-refractivity contribution in [1.82, 2.24) is 14.6 Å². The molecule has 0 bridgehead atoms. The Morgan fingerprint density at radius 3 is 2.75 bits per heavy atom. The molecule has 0 saturated carbocycles. The van der Waals surface area contributed by atoms with Crippen LogP contribution in [0.3, 0.4) is 0 Å². The van der Waals surface area contributed by atoms with Crippen molar-refractivity contribution in [3.8, 4) is 0 Å². The van der Waals surface area contributed by atoms with Crippen molar-refractivity contribution >= 4 is 16.9 Å². The highest BCUT2D eigenvalue weighted by molar-refractivity contribution is 5.94. The van der Waals surface area contributed by atoms with Gasteiger partial charge in [-0.15, -0.1) is 0 Å². The first-order valence-electron chi connectivity index (χ1n) is 7.28. The first kappa shape index (κ1) is 11.9. The Kier molecular flexibility index (Phi) is 2.57. The van der Waals surface area contributed by atoms with Gasteiger partial charge in [-0.1, -0.05) is 12.1 Å². The molecule has 20 heavy (non-hydrogen) atoms. The lowest BCUT2D eigenvalue weighted by molar-refractivity contribution is -0.126. The Morgan fingerprint density at radius 2 is 1.95 bits per heavy atom. The fourth-order valence-corrected chi connectivity index (χ4v) is 3.74. The molecule has 2 aliphatic heterocycles. The van der Waals surface area contributed by atoms with Crippen LogP contribution in [0.4, 0.5) is 0 Å². The summed E-state index contributed by atoms with van der Waals surface area (Å²) in [6.07, 6.45) is 5.89. The maximum atomic E-state index is 12.8. The predicted octanol–water partition coefficient (Wildman–Crippen LogP) is 1.73. The normalized spacial score (nSPS) is 21.2. The molecule has 104 valence electrons. The summed E-state index contributed by atoms with van der Waals surface area (Å²) in [5, 5.41) is 0. The third-order valence-corrected chi connectivity index (χ3v) is 4.74. The Hall–Kier alpha value is -1.88. The summed E-state index contributed by atoms with van der Waals surface area (Å²) in [7, 11) is 0. The van der Waals surface area contributed by atoms with E-state index in [4.69, 9.17) is 0 Å². The van der Waals surface area contributed by atoms with Crippen LogP contribution in [0.2, 0.25) is 0 Å². The Labute approximate surface area is 117 Å². The summed E-state index contributed by atoms with van der Waals surface area (Å²) in [6, 6.07) is 7.84. The molecule has 3 heterocycles. The number of hydrogen-bond donors (Lipinski definition) is 1. The fourth-order valence-electron chi connectivity index (χ4n) is 3.74. The van der Waals surface area contributed by atoms with Crippen LogP contribution in [0.1, 0.15) is 25.7 Å². The van der Waals surface area contributed by atoms with E-state index in [1.807, 2.05) is 24.3 Å². The third-order valence-electron chi connectivity index (χ3n) is 4.74. The predicted molar refractivity (Wildman–Crippen MR) is 76.9 cm³/mol. The summed E-state index contributed by atoms with van der Waals surface area (Å²) >= 11 is 0. The number of hydrogen-bond acceptors (Lipinski definition) is 3. The molecule has 2 saturated heterocycles. The lowest BCUT2D eigenvalue weighted by Gasteiger charge is -2.30. The molecule has 2 fully saturated rings. The molecule has 1 amide bonds. The standard InChI is InChI=1S/C15H18N4O/c20-14(15-7-3-9-18(15)10-4-8-15)17-19-11-16-12-5-1-2-6-13(12)19/h1-2,5-6,11H,3-4,7-10H2,(H,17,20). The fraction of sp³-hybridized carbons (Fsp3) is 0.467. The Morgan fingerprint density at radius 1 is 1.20 bits per heavy atom. The van der Waals surface area contributed by atoms with Gasteiger partial charge in [0.2, 0.25) is 0 Å². The maximum absolute atomic E-state index is 12.8. The Balaban J connectivity index is 1.64. The molecule has 5 nitrogen and oxygen atoms in total. The van der Waals surface area contributed by atoms with Crippen molar-refractivity contribution in [2.45, 2.75) is 31.2 Å². The molecule has 2 aromatic rings. The quantitative estimate of drug-likeness (QED) is 0.904. The number of imidazole rings is 1. The van der Waals surface area contributed by atoms with Gasteiger partial charge in [0.05, 0.1) is 11.0 Å². The number of carbonyl (C=O) groups is 1. The SMILES string of the molecule is O=C(Nn1cnc2ccccc21)C12CCCN1CCC2. The van der Waals surface area contributed by atoms with Gasteiger partial charge in [-0.25, -0.2) is 9.66 Å². The van der Waals surface area contributed by atoms with Crippen LogP contribution in [0.5, 0.6) is 0 Å². The molecule has 4 rings (SSSR count). The zero-order chi connectivity index (χ0) is 13.6. The highest BCUT2D eigenvalue weighted by Crippen LogP contribution is 2.39. The number of rotatable bonds is 2. The zero-order valence-electron chi connectivity index (χ0n) is 11.4. The average Bonchev–Trinajstić information content (AvgIpc) is 3.12. The first-order valence-corrected chi connectivity index (χ1v) is 7.28. The highest BCUT2D eigenvalue weighted by Gasteiger charge is 2.50. The van der Waals surface area contributed by atoms with E-state index in [1.54, 1.807) is 11.0 Å². The minimum absolute atomic E-state index is 0.121. The van der Waals surface area contributed by atoms with Gasteiger partial charge in [0.25, 0.3) is 5.91 Å². The third kappa shape index (κ3) is 1.59. The van der Waals surface area contributed by atoms with E-state index in [9.17, 15) is 4.79 Å². The lowest BCUT2D eigenvalue weighted by Crippen LogP contribution is -2.50. The van der Waals surface area contributed by atoms with E-state index in [2.05, 4.69) is 15.3 Å². The molecule has 0 radical (unpaired) electrons. The summed E-state index contributed by atoms with van der Waals surface area (Å²) < 4.78 is 1.75. The van der Waals surface area contributed by atoms with Crippen LogP contribution in [0, 0.1) is 0 Å². The maximum Gasteiger partial charge on any atom is 0.259 e. The molecule has 1 aromatic carbocycles. The molecular formula is C15H18N4O. The molecule has 0 atom stereocenters. The second kappa shape index (κ2) is 4.31. The second-order valence-electron chi connectivity index (χ2n) is 5.77. The van der Waals surface area contributed by atoms with E-state index in [0.29, 0.717) is 0 Å². The number of fused-ring (bicyclic) bond motifs is 2. The number of nitrogens with zero attached hydrogens (tertiary/aromatic N) is 3. The van der Waals surface area contributed by atoms with Gasteiger partial charge in [-0.3, -0.25) is 15.1 Å². The van der Waals surface area contributed by atoms with Crippen molar-refractivity contribution in [2.75, 3.05) is 18.5 Å². The minimum atomic E-state index is -0.272. The van der Waals surface area contributed by atoms with Crippen LogP contribution >= 0.6 is 0 Å².